The Morgan fingerprint density at radius 2 is 2.13 bits per heavy atom. The Bertz CT molecular complexity index is 397. The van der Waals surface area contributed by atoms with Crippen LogP contribution in [0.4, 0.5) is 0 Å². The van der Waals surface area contributed by atoms with E-state index in [-0.39, 0.29) is 5.03 Å². The Morgan fingerprint density at radius 3 is 2.60 bits per heavy atom. The van der Waals surface area contributed by atoms with Gasteiger partial charge in [-0.1, -0.05) is 13.3 Å². The average molecular weight is 229 g/mol. The number of hydrogen-bond acceptors (Lipinski definition) is 4. The highest BCUT2D eigenvalue weighted by atomic mass is 32.2. The average Bonchev–Trinajstić information content (AvgIpc) is 2.18. The molecule has 0 amide bonds. The van der Waals surface area contributed by atoms with E-state index >= 15 is 0 Å². The molecule has 15 heavy (non-hydrogen) atoms. The van der Waals surface area contributed by atoms with Gasteiger partial charge in [0.05, 0.1) is 12.8 Å². The summed E-state index contributed by atoms with van der Waals surface area (Å²) in [5.74, 6) is 0.607. The van der Waals surface area contributed by atoms with E-state index in [2.05, 4.69) is 11.9 Å². The molecule has 5 heteroatoms. The summed E-state index contributed by atoms with van der Waals surface area (Å²) in [6, 6.07) is 3.08. The lowest BCUT2D eigenvalue weighted by Gasteiger charge is -2.04. The van der Waals surface area contributed by atoms with Crippen molar-refractivity contribution in [2.75, 3.05) is 12.9 Å². The third-order valence-electron chi connectivity index (χ3n) is 1.86. The molecule has 0 radical (unpaired) electrons. The summed E-state index contributed by atoms with van der Waals surface area (Å²) in [7, 11) is -3.21. The largest absolute Gasteiger partial charge is 0.492 e. The normalized spacial score (nSPS) is 11.3. The van der Waals surface area contributed by atoms with Crippen LogP contribution in [0.15, 0.2) is 23.4 Å². The van der Waals surface area contributed by atoms with Crippen molar-refractivity contribution in [1.82, 2.24) is 4.98 Å². The van der Waals surface area contributed by atoms with Crippen molar-refractivity contribution in [1.29, 1.82) is 0 Å². The first kappa shape index (κ1) is 12.0. The zero-order chi connectivity index (χ0) is 11.3. The van der Waals surface area contributed by atoms with E-state index in [9.17, 15) is 8.42 Å². The predicted octanol–water partition coefficient (Wildman–Crippen LogP) is 1.66. The summed E-state index contributed by atoms with van der Waals surface area (Å²) in [6.07, 6.45) is 4.61. The number of aromatic nitrogens is 1. The molecule has 0 saturated carbocycles. The third-order valence-corrected chi connectivity index (χ3v) is 2.86. The van der Waals surface area contributed by atoms with E-state index in [1.54, 1.807) is 6.07 Å². The van der Waals surface area contributed by atoms with Crippen LogP contribution in [0, 0.1) is 0 Å². The van der Waals surface area contributed by atoms with E-state index in [4.69, 9.17) is 4.74 Å². The quantitative estimate of drug-likeness (QED) is 0.721. The number of ether oxygens (including phenoxy) is 1. The lowest BCUT2D eigenvalue weighted by molar-refractivity contribution is 0.308. The second-order valence-corrected chi connectivity index (χ2v) is 5.27. The first-order valence-corrected chi connectivity index (χ1v) is 6.72. The minimum Gasteiger partial charge on any atom is -0.492 e. The first-order valence-electron chi connectivity index (χ1n) is 4.83. The molecule has 1 aromatic heterocycles. The smallest absolute Gasteiger partial charge is 0.192 e. The molecular weight excluding hydrogens is 214 g/mol. The van der Waals surface area contributed by atoms with Gasteiger partial charge in [-0.15, -0.1) is 0 Å². The molecule has 4 nitrogen and oxygen atoms in total. The minimum atomic E-state index is -3.21. The van der Waals surface area contributed by atoms with Gasteiger partial charge < -0.3 is 4.74 Å². The molecule has 0 saturated heterocycles. The van der Waals surface area contributed by atoms with Gasteiger partial charge in [-0.2, -0.15) is 0 Å². The van der Waals surface area contributed by atoms with E-state index in [0.717, 1.165) is 19.1 Å². The standard InChI is InChI=1S/C10H15NO3S/c1-3-4-7-14-9-5-6-10(11-8-9)15(2,12)13/h5-6,8H,3-4,7H2,1-2H3. The van der Waals surface area contributed by atoms with Gasteiger partial charge in [0.2, 0.25) is 0 Å². The SMILES string of the molecule is CCCCOc1ccc(S(C)(=O)=O)nc1. The number of pyridine rings is 1. The van der Waals surface area contributed by atoms with Gasteiger partial charge in [-0.05, 0) is 18.6 Å². The van der Waals surface area contributed by atoms with Crippen LogP contribution >= 0.6 is 0 Å². The van der Waals surface area contributed by atoms with E-state index in [1.807, 2.05) is 0 Å². The Morgan fingerprint density at radius 1 is 1.40 bits per heavy atom. The maximum atomic E-state index is 11.1. The van der Waals surface area contributed by atoms with Crippen molar-refractivity contribution >= 4 is 9.84 Å². The van der Waals surface area contributed by atoms with Crippen LogP contribution in [0.1, 0.15) is 19.8 Å². The molecule has 1 aromatic rings. The van der Waals surface area contributed by atoms with Crippen LogP contribution in [0.2, 0.25) is 0 Å². The first-order chi connectivity index (χ1) is 7.04. The minimum absolute atomic E-state index is 0.0744. The maximum absolute atomic E-state index is 11.1. The lowest BCUT2D eigenvalue weighted by atomic mass is 10.4. The van der Waals surface area contributed by atoms with Crippen LogP contribution < -0.4 is 4.74 Å². The van der Waals surface area contributed by atoms with E-state index in [1.165, 1.54) is 12.3 Å². The summed E-state index contributed by atoms with van der Waals surface area (Å²) < 4.78 is 27.6. The van der Waals surface area contributed by atoms with Crippen molar-refractivity contribution in [3.05, 3.63) is 18.3 Å². The summed E-state index contributed by atoms with van der Waals surface area (Å²) >= 11 is 0. The highest BCUT2D eigenvalue weighted by Crippen LogP contribution is 2.12. The second kappa shape index (κ2) is 5.11. The molecular formula is C10H15NO3S. The highest BCUT2D eigenvalue weighted by molar-refractivity contribution is 7.90. The number of sulfone groups is 1. The Kier molecular flexibility index (Phi) is 4.08. The van der Waals surface area contributed by atoms with E-state index in [0.29, 0.717) is 12.4 Å². The molecule has 1 heterocycles. The molecule has 0 aliphatic carbocycles. The predicted molar refractivity (Wildman–Crippen MR) is 57.7 cm³/mol. The van der Waals surface area contributed by atoms with Crippen molar-refractivity contribution in [3.63, 3.8) is 0 Å². The second-order valence-electron chi connectivity index (χ2n) is 3.31. The van der Waals surface area contributed by atoms with Gasteiger partial charge in [-0.25, -0.2) is 13.4 Å². The number of hydrogen-bond donors (Lipinski definition) is 0. The molecule has 0 spiro atoms. The molecule has 0 N–H and O–H groups in total. The summed E-state index contributed by atoms with van der Waals surface area (Å²) in [4.78, 5) is 3.82. The molecule has 0 aromatic carbocycles. The zero-order valence-corrected chi connectivity index (χ0v) is 9.75. The van der Waals surface area contributed by atoms with Gasteiger partial charge in [0, 0.05) is 6.26 Å². The number of nitrogens with zero attached hydrogens (tertiary/aromatic N) is 1. The van der Waals surface area contributed by atoms with Crippen LogP contribution in [0.25, 0.3) is 0 Å². The molecule has 0 aliphatic rings. The van der Waals surface area contributed by atoms with Gasteiger partial charge in [0.15, 0.2) is 14.9 Å². The lowest BCUT2D eigenvalue weighted by Crippen LogP contribution is -2.01. The monoisotopic (exact) mass is 229 g/mol. The summed E-state index contributed by atoms with van der Waals surface area (Å²) in [6.45, 7) is 2.71. The fourth-order valence-corrected chi connectivity index (χ4v) is 1.57. The molecule has 0 bridgehead atoms. The zero-order valence-electron chi connectivity index (χ0n) is 8.93. The van der Waals surface area contributed by atoms with Gasteiger partial charge in [0.25, 0.3) is 0 Å². The van der Waals surface area contributed by atoms with Crippen molar-refractivity contribution in [3.8, 4) is 5.75 Å². The van der Waals surface area contributed by atoms with Gasteiger partial charge >= 0.3 is 0 Å². The fraction of sp³-hybridized carbons (Fsp3) is 0.500. The summed E-state index contributed by atoms with van der Waals surface area (Å²) in [5, 5.41) is 0.0744. The molecule has 0 unspecified atom stereocenters. The van der Waals surface area contributed by atoms with Crippen LogP contribution in [0.3, 0.4) is 0 Å². The Labute approximate surface area is 90.2 Å². The number of unbranched alkanes of at least 4 members (excludes halogenated alkanes) is 1. The summed E-state index contributed by atoms with van der Waals surface area (Å²) in [5.41, 5.74) is 0. The molecule has 84 valence electrons. The van der Waals surface area contributed by atoms with E-state index < -0.39 is 9.84 Å². The highest BCUT2D eigenvalue weighted by Gasteiger charge is 2.07. The number of rotatable bonds is 5. The molecule has 0 fully saturated rings. The van der Waals surface area contributed by atoms with Crippen molar-refractivity contribution < 1.29 is 13.2 Å². The fourth-order valence-electron chi connectivity index (χ4n) is 1.01. The molecule has 0 aliphatic heterocycles. The van der Waals surface area contributed by atoms with Crippen molar-refractivity contribution in [2.45, 2.75) is 24.8 Å². The van der Waals surface area contributed by atoms with Crippen LogP contribution in [-0.2, 0) is 9.84 Å². The van der Waals surface area contributed by atoms with Gasteiger partial charge in [0.1, 0.15) is 5.75 Å². The molecule has 0 atom stereocenters. The third kappa shape index (κ3) is 3.87. The Hall–Kier alpha value is -1.10. The molecule has 1 rings (SSSR count). The Balaban J connectivity index is 2.65. The van der Waals surface area contributed by atoms with Crippen LogP contribution in [0.5, 0.6) is 5.75 Å². The topological polar surface area (TPSA) is 56.3 Å². The van der Waals surface area contributed by atoms with Gasteiger partial charge in [-0.3, -0.25) is 0 Å². The van der Waals surface area contributed by atoms with Crippen LogP contribution in [-0.4, -0.2) is 26.3 Å². The maximum Gasteiger partial charge on any atom is 0.192 e. The van der Waals surface area contributed by atoms with Crippen molar-refractivity contribution in [2.24, 2.45) is 0 Å².